The first-order chi connectivity index (χ1) is 11.2. The van der Waals surface area contributed by atoms with Crippen LogP contribution >= 0.6 is 11.6 Å². The molecule has 7 heteroatoms. The summed E-state index contributed by atoms with van der Waals surface area (Å²) in [6.45, 7) is 4.00. The van der Waals surface area contributed by atoms with Crippen LogP contribution in [-0.4, -0.2) is 29.9 Å². The van der Waals surface area contributed by atoms with E-state index >= 15 is 0 Å². The highest BCUT2D eigenvalue weighted by Gasteiger charge is 2.23. The van der Waals surface area contributed by atoms with Gasteiger partial charge in [0, 0.05) is 36.8 Å². The predicted molar refractivity (Wildman–Crippen MR) is 90.5 cm³/mol. The molecule has 1 aromatic heterocycles. The summed E-state index contributed by atoms with van der Waals surface area (Å²) >= 11 is 5.96. The normalized spacial score (nSPS) is 13.5. The van der Waals surface area contributed by atoms with Crippen molar-refractivity contribution >= 4 is 23.2 Å². The minimum Gasteiger partial charge on any atom is -0.411 e. The van der Waals surface area contributed by atoms with Crippen molar-refractivity contribution in [2.24, 2.45) is 0 Å². The van der Waals surface area contributed by atoms with Gasteiger partial charge >= 0.3 is 0 Å². The van der Waals surface area contributed by atoms with Crippen LogP contribution in [0.15, 0.2) is 29.1 Å². The predicted octanol–water partition coefficient (Wildman–Crippen LogP) is 1.76. The highest BCUT2D eigenvalue weighted by atomic mass is 35.5. The van der Waals surface area contributed by atoms with Gasteiger partial charge in [-0.3, -0.25) is 4.79 Å². The summed E-state index contributed by atoms with van der Waals surface area (Å²) in [6.07, 6.45) is 0.736. The highest BCUT2D eigenvalue weighted by Crippen LogP contribution is 2.25. The molecule has 0 atom stereocenters. The van der Waals surface area contributed by atoms with Gasteiger partial charge in [0.1, 0.15) is 7.11 Å². The number of rotatable bonds is 4. The maximum absolute atomic E-state index is 12.7. The number of halogens is 1. The van der Waals surface area contributed by atoms with Crippen molar-refractivity contribution in [3.63, 3.8) is 0 Å². The molecule has 1 N–H and O–H groups in total. The second-order valence-electron chi connectivity index (χ2n) is 5.27. The molecule has 0 amide bonds. The molecule has 1 aliphatic rings. The van der Waals surface area contributed by atoms with Gasteiger partial charge in [0.25, 0.3) is 5.56 Å². The Morgan fingerprint density at radius 1 is 1.39 bits per heavy atom. The van der Waals surface area contributed by atoms with Gasteiger partial charge in [0.05, 0.1) is 11.3 Å². The van der Waals surface area contributed by atoms with Crippen LogP contribution in [0.2, 0.25) is 5.02 Å². The third kappa shape index (κ3) is 2.92. The van der Waals surface area contributed by atoms with E-state index in [0.29, 0.717) is 29.6 Å². The first-order valence-corrected chi connectivity index (χ1v) is 7.96. The number of nitrogens with zero attached hydrogens (tertiary/aromatic N) is 3. The molecule has 3 rings (SSSR count). The molecule has 0 spiro atoms. The largest absolute Gasteiger partial charge is 0.411 e. The average Bonchev–Trinajstić information content (AvgIpc) is 2.57. The monoisotopic (exact) mass is 334 g/mol. The Morgan fingerprint density at radius 2 is 2.13 bits per heavy atom. The van der Waals surface area contributed by atoms with Gasteiger partial charge in [0.15, 0.2) is 0 Å². The van der Waals surface area contributed by atoms with Crippen LogP contribution in [0.1, 0.15) is 18.2 Å². The van der Waals surface area contributed by atoms with Crippen LogP contribution in [0.5, 0.6) is 0 Å². The molecule has 2 heterocycles. The molecule has 2 aromatic rings. The Labute approximate surface area is 139 Å². The molecule has 6 nitrogen and oxygen atoms in total. The number of nitrogens with one attached hydrogen (secondary N) is 1. The number of anilines is 2. The summed E-state index contributed by atoms with van der Waals surface area (Å²) in [7, 11) is 1.48. The summed E-state index contributed by atoms with van der Waals surface area (Å²) in [4.78, 5) is 24.6. The van der Waals surface area contributed by atoms with Crippen LogP contribution in [-0.2, 0) is 13.0 Å². The quantitative estimate of drug-likeness (QED) is 0.923. The van der Waals surface area contributed by atoms with Crippen LogP contribution in [0.4, 0.5) is 11.6 Å². The lowest BCUT2D eigenvalue weighted by Gasteiger charge is -2.26. The fraction of sp³-hybridized carbons (Fsp3) is 0.375. The van der Waals surface area contributed by atoms with E-state index in [1.165, 1.54) is 11.8 Å². The number of fused-ring (bicyclic) bond motifs is 1. The molecule has 122 valence electrons. The Balaban J connectivity index is 2.14. The summed E-state index contributed by atoms with van der Waals surface area (Å²) in [6, 6.07) is 7.44. The maximum atomic E-state index is 12.7. The van der Waals surface area contributed by atoms with Crippen molar-refractivity contribution in [2.45, 2.75) is 19.9 Å². The van der Waals surface area contributed by atoms with Crippen LogP contribution in [0.3, 0.4) is 0 Å². The summed E-state index contributed by atoms with van der Waals surface area (Å²) in [5.74, 6) is 0.489. The Morgan fingerprint density at radius 3 is 2.78 bits per heavy atom. The van der Waals surface area contributed by atoms with E-state index in [-0.39, 0.29) is 5.56 Å². The van der Waals surface area contributed by atoms with Crippen molar-refractivity contribution in [3.05, 3.63) is 50.9 Å². The van der Waals surface area contributed by atoms with E-state index in [2.05, 4.69) is 5.32 Å². The summed E-state index contributed by atoms with van der Waals surface area (Å²) < 4.78 is 1.25. The molecule has 23 heavy (non-hydrogen) atoms. The minimum absolute atomic E-state index is 0.160. The van der Waals surface area contributed by atoms with Gasteiger partial charge in [-0.2, -0.15) is 0 Å². The molecule has 1 aromatic carbocycles. The molecule has 1 aliphatic heterocycles. The Hall–Kier alpha value is -2.05. The fourth-order valence-electron chi connectivity index (χ4n) is 2.77. The first-order valence-electron chi connectivity index (χ1n) is 7.58. The molecule has 0 aliphatic carbocycles. The molecular weight excluding hydrogens is 316 g/mol. The van der Waals surface area contributed by atoms with Crippen molar-refractivity contribution in [2.75, 3.05) is 25.1 Å². The molecular formula is C16H19ClN4O2. The van der Waals surface area contributed by atoms with Crippen molar-refractivity contribution < 1.29 is 4.84 Å². The van der Waals surface area contributed by atoms with Crippen LogP contribution in [0, 0.1) is 0 Å². The third-order valence-corrected chi connectivity index (χ3v) is 4.18. The van der Waals surface area contributed by atoms with Crippen LogP contribution in [0.25, 0.3) is 0 Å². The van der Waals surface area contributed by atoms with Crippen molar-refractivity contribution in [3.8, 4) is 0 Å². The second kappa shape index (κ2) is 6.60. The van der Waals surface area contributed by atoms with E-state index in [1.54, 1.807) is 0 Å². The lowest BCUT2D eigenvalue weighted by Crippen LogP contribution is -2.40. The average molecular weight is 335 g/mol. The van der Waals surface area contributed by atoms with Gasteiger partial charge in [-0.15, -0.1) is 4.73 Å². The zero-order valence-corrected chi connectivity index (χ0v) is 13.9. The zero-order chi connectivity index (χ0) is 16.4. The summed E-state index contributed by atoms with van der Waals surface area (Å²) in [5.41, 5.74) is 2.26. The van der Waals surface area contributed by atoms with Gasteiger partial charge in [0.2, 0.25) is 5.95 Å². The SMILES string of the molecule is CCN(c1ccc(Cl)cc1)c1nc2c(c(=O)n1OC)CNCC2. The number of hydrogen-bond acceptors (Lipinski definition) is 5. The Kier molecular flexibility index (Phi) is 4.54. The van der Waals surface area contributed by atoms with E-state index in [4.69, 9.17) is 21.4 Å². The van der Waals surface area contributed by atoms with E-state index in [9.17, 15) is 4.79 Å². The van der Waals surface area contributed by atoms with E-state index in [0.717, 1.165) is 24.3 Å². The minimum atomic E-state index is -0.160. The van der Waals surface area contributed by atoms with Crippen molar-refractivity contribution in [1.29, 1.82) is 0 Å². The maximum Gasteiger partial charge on any atom is 0.292 e. The van der Waals surface area contributed by atoms with Gasteiger partial charge in [-0.25, -0.2) is 4.98 Å². The highest BCUT2D eigenvalue weighted by molar-refractivity contribution is 6.30. The summed E-state index contributed by atoms with van der Waals surface area (Å²) in [5, 5.41) is 3.86. The molecule has 0 saturated carbocycles. The lowest BCUT2D eigenvalue weighted by atomic mass is 10.1. The smallest absolute Gasteiger partial charge is 0.292 e. The molecule has 0 saturated heterocycles. The number of aromatic nitrogens is 2. The fourth-order valence-corrected chi connectivity index (χ4v) is 2.90. The van der Waals surface area contributed by atoms with E-state index in [1.807, 2.05) is 36.1 Å². The number of benzene rings is 1. The molecule has 0 fully saturated rings. The molecule has 0 bridgehead atoms. The van der Waals surface area contributed by atoms with Gasteiger partial charge < -0.3 is 15.1 Å². The van der Waals surface area contributed by atoms with Gasteiger partial charge in [-0.1, -0.05) is 11.6 Å². The number of hydrogen-bond donors (Lipinski definition) is 1. The third-order valence-electron chi connectivity index (χ3n) is 3.93. The first kappa shape index (κ1) is 15.8. The second-order valence-corrected chi connectivity index (χ2v) is 5.70. The zero-order valence-electron chi connectivity index (χ0n) is 13.2. The Bertz CT molecular complexity index is 758. The van der Waals surface area contributed by atoms with Crippen molar-refractivity contribution in [1.82, 2.24) is 15.0 Å². The molecule has 0 radical (unpaired) electrons. The molecule has 0 unspecified atom stereocenters. The topological polar surface area (TPSA) is 59.4 Å². The van der Waals surface area contributed by atoms with Crippen LogP contribution < -0.4 is 20.6 Å². The van der Waals surface area contributed by atoms with E-state index < -0.39 is 0 Å². The van der Waals surface area contributed by atoms with Gasteiger partial charge in [-0.05, 0) is 31.2 Å². The standard InChI is InChI=1S/C16H19ClN4O2/c1-3-20(12-6-4-11(17)5-7-12)16-19-14-8-9-18-10-13(14)15(22)21(16)23-2/h4-7,18H,3,8-10H2,1-2H3. The lowest BCUT2D eigenvalue weighted by molar-refractivity contribution is 0.155.